The van der Waals surface area contributed by atoms with Crippen LogP contribution in [-0.2, 0) is 6.42 Å². The lowest BCUT2D eigenvalue weighted by Crippen LogP contribution is -2.49. The minimum Gasteiger partial charge on any atom is -0.475 e. The number of carboxylic acids is 1. The van der Waals surface area contributed by atoms with Crippen LogP contribution < -0.4 is 9.21 Å². The Kier molecular flexibility index (Phi) is 8.85. The highest BCUT2D eigenvalue weighted by molar-refractivity contribution is 8.00. The second-order valence-electron chi connectivity index (χ2n) is 11.5. The van der Waals surface area contributed by atoms with Crippen molar-refractivity contribution >= 4 is 46.2 Å². The topological polar surface area (TPSA) is 77.2 Å². The molecule has 8 heteroatoms. The molecule has 4 aromatic carbocycles. The van der Waals surface area contributed by atoms with Gasteiger partial charge in [-0.1, -0.05) is 60.2 Å². The molecule has 0 radical (unpaired) electrons. The van der Waals surface area contributed by atoms with Crippen molar-refractivity contribution in [2.75, 3.05) is 41.9 Å². The van der Waals surface area contributed by atoms with Crippen LogP contribution in [0.15, 0.2) is 100 Å². The van der Waals surface area contributed by atoms with E-state index in [9.17, 15) is 14.7 Å². The number of piperazine rings is 1. The summed E-state index contributed by atoms with van der Waals surface area (Å²) in [5.74, 6) is -0.985. The zero-order valence-electron chi connectivity index (χ0n) is 25.8. The Morgan fingerprint density at radius 2 is 1.60 bits per heavy atom. The molecule has 1 aliphatic heterocycles. The van der Waals surface area contributed by atoms with Gasteiger partial charge in [-0.25, -0.2) is 4.79 Å². The monoisotopic (exact) mass is 619 g/mol. The fourth-order valence-electron chi connectivity index (χ4n) is 5.91. The Morgan fingerprint density at radius 1 is 0.867 bits per heavy atom. The Balaban J connectivity index is 1.26. The van der Waals surface area contributed by atoms with Crippen molar-refractivity contribution in [3.63, 3.8) is 0 Å². The van der Waals surface area contributed by atoms with Crippen LogP contribution in [0.4, 0.5) is 11.4 Å². The van der Waals surface area contributed by atoms with Crippen LogP contribution in [0.3, 0.4) is 0 Å². The number of para-hydroxylation sites is 2. The molecule has 0 bridgehead atoms. The largest absolute Gasteiger partial charge is 0.475 e. The van der Waals surface area contributed by atoms with E-state index in [0.717, 1.165) is 64.4 Å². The number of aromatic carboxylic acids is 1. The lowest BCUT2D eigenvalue weighted by atomic mass is 10.0. The van der Waals surface area contributed by atoms with Gasteiger partial charge >= 0.3 is 5.97 Å². The van der Waals surface area contributed by atoms with Crippen molar-refractivity contribution in [2.24, 2.45) is 0 Å². The van der Waals surface area contributed by atoms with E-state index in [1.807, 2.05) is 61.2 Å². The van der Waals surface area contributed by atoms with Crippen LogP contribution in [0.5, 0.6) is 0 Å². The Hall–Kier alpha value is -4.69. The molecule has 1 amide bonds. The molecule has 7 nitrogen and oxygen atoms in total. The Bertz CT molecular complexity index is 1840. The molecule has 1 N–H and O–H groups in total. The maximum Gasteiger partial charge on any atom is 0.372 e. The summed E-state index contributed by atoms with van der Waals surface area (Å²) in [5, 5.41) is 10.4. The number of fused-ring (bicyclic) bond motifs is 1. The third-order valence-electron chi connectivity index (χ3n) is 8.45. The molecule has 1 fully saturated rings. The molecule has 5 aromatic rings. The van der Waals surface area contributed by atoms with Crippen molar-refractivity contribution in [2.45, 2.75) is 32.1 Å². The highest BCUT2D eigenvalue weighted by Crippen LogP contribution is 2.38. The first-order valence-electron chi connectivity index (χ1n) is 15.2. The van der Waals surface area contributed by atoms with Gasteiger partial charge in [-0.05, 0) is 86.7 Å². The zero-order chi connectivity index (χ0) is 31.5. The van der Waals surface area contributed by atoms with Crippen LogP contribution in [0.25, 0.3) is 11.0 Å². The molecule has 0 saturated carbocycles. The number of carbonyl (C=O) groups excluding carboxylic acids is 1. The number of furan rings is 1. The third-order valence-corrected chi connectivity index (χ3v) is 9.51. The third kappa shape index (κ3) is 6.56. The van der Waals surface area contributed by atoms with Crippen LogP contribution in [0.2, 0.25) is 0 Å². The number of nitrogens with zero attached hydrogens (tertiary/aromatic N) is 3. The van der Waals surface area contributed by atoms with Gasteiger partial charge in [0.25, 0.3) is 5.91 Å². The first-order valence-corrected chi connectivity index (χ1v) is 16.0. The SMILES string of the molecule is Cc1ccc(C)c(C(=O)N2CCN(c3ccccc3N(CCc3ccccc3)Sc3ccc4oc(C(=O)O)c(C)c4c3)CC2)c1. The summed E-state index contributed by atoms with van der Waals surface area (Å²) in [7, 11) is 0. The summed E-state index contributed by atoms with van der Waals surface area (Å²) in [6.07, 6.45) is 0.858. The fourth-order valence-corrected chi connectivity index (χ4v) is 6.90. The Morgan fingerprint density at radius 3 is 2.36 bits per heavy atom. The van der Waals surface area contributed by atoms with E-state index in [2.05, 4.69) is 57.7 Å². The highest BCUT2D eigenvalue weighted by Gasteiger charge is 2.26. The molecule has 230 valence electrons. The van der Waals surface area contributed by atoms with Gasteiger partial charge in [0.1, 0.15) is 5.58 Å². The van der Waals surface area contributed by atoms with Gasteiger partial charge in [0.2, 0.25) is 5.76 Å². The molecule has 1 aliphatic rings. The molecular formula is C37H37N3O4S. The van der Waals surface area contributed by atoms with Gasteiger partial charge in [-0.2, -0.15) is 0 Å². The minimum atomic E-state index is -1.06. The van der Waals surface area contributed by atoms with Crippen LogP contribution in [0, 0.1) is 20.8 Å². The predicted molar refractivity (Wildman–Crippen MR) is 182 cm³/mol. The molecule has 0 aliphatic carbocycles. The molecule has 1 aromatic heterocycles. The van der Waals surface area contributed by atoms with Gasteiger partial charge < -0.3 is 23.6 Å². The van der Waals surface area contributed by atoms with Gasteiger partial charge in [0, 0.05) is 54.1 Å². The second-order valence-corrected chi connectivity index (χ2v) is 12.6. The van der Waals surface area contributed by atoms with E-state index in [1.54, 1.807) is 18.9 Å². The summed E-state index contributed by atoms with van der Waals surface area (Å²) in [6.45, 7) is 9.36. The molecule has 1 saturated heterocycles. The molecule has 6 rings (SSSR count). The number of hydrogen-bond donors (Lipinski definition) is 1. The molecule has 0 unspecified atom stereocenters. The zero-order valence-corrected chi connectivity index (χ0v) is 26.6. The predicted octanol–water partition coefficient (Wildman–Crippen LogP) is 7.78. The number of carboxylic acid groups (broad SMARTS) is 1. The van der Waals surface area contributed by atoms with Crippen molar-refractivity contribution in [3.05, 3.63) is 125 Å². The number of anilines is 2. The quantitative estimate of drug-likeness (QED) is 0.169. The molecule has 0 spiro atoms. The van der Waals surface area contributed by atoms with Crippen LogP contribution >= 0.6 is 11.9 Å². The van der Waals surface area contributed by atoms with Crippen molar-refractivity contribution in [1.82, 2.24) is 4.90 Å². The summed E-state index contributed by atoms with van der Waals surface area (Å²) >= 11 is 1.64. The van der Waals surface area contributed by atoms with E-state index in [-0.39, 0.29) is 11.7 Å². The van der Waals surface area contributed by atoms with E-state index in [1.165, 1.54) is 5.56 Å². The van der Waals surface area contributed by atoms with Gasteiger partial charge in [0.15, 0.2) is 0 Å². The first-order chi connectivity index (χ1) is 21.8. The maximum atomic E-state index is 13.4. The van der Waals surface area contributed by atoms with E-state index in [4.69, 9.17) is 4.42 Å². The molecule has 45 heavy (non-hydrogen) atoms. The second kappa shape index (κ2) is 13.1. The minimum absolute atomic E-state index is 0.0198. The summed E-state index contributed by atoms with van der Waals surface area (Å²) in [6, 6.07) is 30.8. The van der Waals surface area contributed by atoms with Crippen molar-refractivity contribution in [1.29, 1.82) is 0 Å². The molecule has 2 heterocycles. The fraction of sp³-hybridized carbons (Fsp3) is 0.243. The summed E-state index contributed by atoms with van der Waals surface area (Å²) < 4.78 is 7.94. The molecular weight excluding hydrogens is 582 g/mol. The number of hydrogen-bond acceptors (Lipinski definition) is 6. The lowest BCUT2D eigenvalue weighted by molar-refractivity contribution is 0.0663. The average molecular weight is 620 g/mol. The van der Waals surface area contributed by atoms with Crippen molar-refractivity contribution in [3.8, 4) is 0 Å². The van der Waals surface area contributed by atoms with E-state index in [0.29, 0.717) is 24.2 Å². The van der Waals surface area contributed by atoms with E-state index < -0.39 is 5.97 Å². The summed E-state index contributed by atoms with van der Waals surface area (Å²) in [4.78, 5) is 30.4. The van der Waals surface area contributed by atoms with Crippen LogP contribution in [0.1, 0.15) is 43.2 Å². The number of benzene rings is 4. The van der Waals surface area contributed by atoms with Gasteiger partial charge in [-0.15, -0.1) is 0 Å². The average Bonchev–Trinajstić information content (AvgIpc) is 3.40. The standard InChI is InChI=1S/C37H37N3O4S/c1-25-13-14-26(2)30(23-25)36(41)39-21-19-38(20-22-39)32-11-7-8-12-33(32)40(18-17-28-9-5-4-6-10-28)45-29-15-16-34-31(24-29)27(3)35(44-34)37(42)43/h4-16,23-24H,17-22H2,1-3H3,(H,42,43). The smallest absolute Gasteiger partial charge is 0.372 e. The maximum absolute atomic E-state index is 13.4. The number of amides is 1. The number of aryl methyl sites for hydroxylation is 3. The summed E-state index contributed by atoms with van der Waals surface area (Å²) in [5.41, 5.74) is 7.57. The first kappa shape index (κ1) is 30.3. The van der Waals surface area contributed by atoms with Crippen molar-refractivity contribution < 1.29 is 19.1 Å². The number of rotatable bonds is 9. The number of carbonyl (C=O) groups is 2. The van der Waals surface area contributed by atoms with E-state index >= 15 is 0 Å². The van der Waals surface area contributed by atoms with Gasteiger partial charge in [-0.3, -0.25) is 4.79 Å². The lowest BCUT2D eigenvalue weighted by Gasteiger charge is -2.38. The highest BCUT2D eigenvalue weighted by atomic mass is 32.2. The Labute approximate surface area is 268 Å². The van der Waals surface area contributed by atoms with Crippen LogP contribution in [-0.4, -0.2) is 54.6 Å². The van der Waals surface area contributed by atoms with Gasteiger partial charge in [0.05, 0.1) is 11.4 Å². The molecule has 0 atom stereocenters. The normalized spacial score (nSPS) is 13.3.